The van der Waals surface area contributed by atoms with Gasteiger partial charge in [0.15, 0.2) is 5.78 Å². The summed E-state index contributed by atoms with van der Waals surface area (Å²) < 4.78 is 0.965. The van der Waals surface area contributed by atoms with Gasteiger partial charge in [0.05, 0.1) is 5.41 Å². The summed E-state index contributed by atoms with van der Waals surface area (Å²) in [6.07, 6.45) is 0. The van der Waals surface area contributed by atoms with Crippen molar-refractivity contribution >= 4 is 11.7 Å². The van der Waals surface area contributed by atoms with Gasteiger partial charge in [0.1, 0.15) is 12.2 Å². The number of carbonyl (C=O) groups excluding carboxylic acids is 2. The molecule has 0 aliphatic heterocycles. The predicted octanol–water partition coefficient (Wildman–Crippen LogP) is 0.889. The van der Waals surface area contributed by atoms with Crippen LogP contribution in [0.5, 0.6) is 0 Å². The number of rotatable bonds is 5. The summed E-state index contributed by atoms with van der Waals surface area (Å²) in [5.74, 6) is -0.932. The fourth-order valence-electron chi connectivity index (χ4n) is 2.04. The predicted molar refractivity (Wildman–Crippen MR) is 81.5 cm³/mol. The monoisotopic (exact) mass is 299 g/mol. The first kappa shape index (κ1) is 15.6. The molecule has 0 fully saturated rings. The lowest BCUT2D eigenvalue weighted by molar-refractivity contribution is -0.124. The van der Waals surface area contributed by atoms with Crippen molar-refractivity contribution in [1.29, 1.82) is 0 Å². The molecule has 2 N–H and O–H groups in total. The van der Waals surface area contributed by atoms with Crippen LogP contribution in [0.4, 0.5) is 0 Å². The lowest BCUT2D eigenvalue weighted by Gasteiger charge is -2.23. The van der Waals surface area contributed by atoms with Crippen LogP contribution in [0.25, 0.3) is 0 Å². The van der Waals surface area contributed by atoms with Gasteiger partial charge >= 0.3 is 0 Å². The van der Waals surface area contributed by atoms with E-state index in [2.05, 4.69) is 5.10 Å². The Balaban J connectivity index is 2.31. The van der Waals surface area contributed by atoms with Crippen molar-refractivity contribution in [1.82, 2.24) is 9.78 Å². The van der Waals surface area contributed by atoms with Crippen molar-refractivity contribution < 1.29 is 9.59 Å². The van der Waals surface area contributed by atoms with E-state index in [1.165, 1.54) is 12.1 Å². The molecule has 0 spiro atoms. The van der Waals surface area contributed by atoms with Crippen LogP contribution in [0.3, 0.4) is 0 Å². The molecule has 6 nitrogen and oxygen atoms in total. The molecule has 0 unspecified atom stereocenters. The van der Waals surface area contributed by atoms with Gasteiger partial charge in [-0.05, 0) is 25.5 Å². The zero-order chi connectivity index (χ0) is 16.3. The molecule has 2 aromatic rings. The Kier molecular flexibility index (Phi) is 4.21. The highest BCUT2D eigenvalue weighted by molar-refractivity contribution is 5.91. The van der Waals surface area contributed by atoms with Crippen molar-refractivity contribution in [2.24, 2.45) is 5.73 Å². The molecule has 2 rings (SSSR count). The van der Waals surface area contributed by atoms with E-state index in [9.17, 15) is 14.4 Å². The van der Waals surface area contributed by atoms with E-state index in [0.29, 0.717) is 0 Å². The number of hydrogen-bond donors (Lipinski definition) is 1. The zero-order valence-corrected chi connectivity index (χ0v) is 12.4. The SMILES string of the molecule is CC(C)(C(=O)Cn1nc(C(N)=O)ccc1=O)c1ccccc1. The molecule has 1 amide bonds. The van der Waals surface area contributed by atoms with Crippen LogP contribution < -0.4 is 11.3 Å². The van der Waals surface area contributed by atoms with Crippen LogP contribution in [0.15, 0.2) is 47.3 Å². The second-order valence-corrected chi connectivity index (χ2v) is 5.49. The fourth-order valence-corrected chi connectivity index (χ4v) is 2.04. The minimum Gasteiger partial charge on any atom is -0.364 e. The van der Waals surface area contributed by atoms with Crippen molar-refractivity contribution in [2.45, 2.75) is 25.8 Å². The van der Waals surface area contributed by atoms with Gasteiger partial charge < -0.3 is 5.73 Å². The van der Waals surface area contributed by atoms with E-state index in [1.54, 1.807) is 13.8 Å². The third-order valence-electron chi connectivity index (χ3n) is 3.61. The Morgan fingerprint density at radius 3 is 2.36 bits per heavy atom. The van der Waals surface area contributed by atoms with Crippen molar-refractivity contribution in [2.75, 3.05) is 0 Å². The Morgan fingerprint density at radius 2 is 1.77 bits per heavy atom. The first-order valence-corrected chi connectivity index (χ1v) is 6.79. The van der Waals surface area contributed by atoms with Gasteiger partial charge in [-0.3, -0.25) is 14.4 Å². The molecule has 0 bridgehead atoms. The van der Waals surface area contributed by atoms with Crippen LogP contribution in [0.1, 0.15) is 29.9 Å². The minimum atomic E-state index is -0.773. The highest BCUT2D eigenvalue weighted by Gasteiger charge is 2.30. The topological polar surface area (TPSA) is 95.0 Å². The molecular weight excluding hydrogens is 282 g/mol. The van der Waals surface area contributed by atoms with Gasteiger partial charge in [-0.1, -0.05) is 30.3 Å². The molecule has 6 heteroatoms. The number of ketones is 1. The maximum Gasteiger partial charge on any atom is 0.269 e. The quantitative estimate of drug-likeness (QED) is 0.887. The summed E-state index contributed by atoms with van der Waals surface area (Å²) >= 11 is 0. The highest BCUT2D eigenvalue weighted by Crippen LogP contribution is 2.24. The molecule has 0 saturated carbocycles. The van der Waals surface area contributed by atoms with Crippen LogP contribution in [0, 0.1) is 0 Å². The Bertz CT molecular complexity index is 764. The maximum absolute atomic E-state index is 12.6. The van der Waals surface area contributed by atoms with Crippen LogP contribution in [-0.4, -0.2) is 21.5 Å². The van der Waals surface area contributed by atoms with Gasteiger partial charge in [0.2, 0.25) is 0 Å². The summed E-state index contributed by atoms with van der Waals surface area (Å²) in [6, 6.07) is 11.7. The summed E-state index contributed by atoms with van der Waals surface area (Å²) in [6.45, 7) is 3.35. The summed E-state index contributed by atoms with van der Waals surface area (Å²) in [5, 5.41) is 3.83. The largest absolute Gasteiger partial charge is 0.364 e. The van der Waals surface area contributed by atoms with Gasteiger partial charge in [0, 0.05) is 6.07 Å². The first-order valence-electron chi connectivity index (χ1n) is 6.79. The number of nitrogens with two attached hydrogens (primary N) is 1. The smallest absolute Gasteiger partial charge is 0.269 e. The van der Waals surface area contributed by atoms with Gasteiger partial charge in [-0.15, -0.1) is 0 Å². The summed E-state index contributed by atoms with van der Waals surface area (Å²) in [7, 11) is 0. The lowest BCUT2D eigenvalue weighted by Crippen LogP contribution is -2.37. The first-order chi connectivity index (χ1) is 10.3. The zero-order valence-electron chi connectivity index (χ0n) is 12.4. The van der Waals surface area contributed by atoms with E-state index in [4.69, 9.17) is 5.73 Å². The Hall–Kier alpha value is -2.76. The second-order valence-electron chi connectivity index (χ2n) is 5.49. The molecule has 0 aliphatic rings. The standard InChI is InChI=1S/C16H17N3O3/c1-16(2,11-6-4-3-5-7-11)13(20)10-19-14(21)9-8-12(18-19)15(17)22/h3-9H,10H2,1-2H3,(H2,17,22). The number of hydrogen-bond acceptors (Lipinski definition) is 4. The molecule has 1 heterocycles. The van der Waals surface area contributed by atoms with Gasteiger partial charge in [-0.25, -0.2) is 4.68 Å². The van der Waals surface area contributed by atoms with E-state index < -0.39 is 16.9 Å². The van der Waals surface area contributed by atoms with Crippen LogP contribution in [0.2, 0.25) is 0 Å². The number of benzene rings is 1. The minimum absolute atomic E-state index is 0.0510. The van der Waals surface area contributed by atoms with E-state index in [-0.39, 0.29) is 18.0 Å². The van der Waals surface area contributed by atoms with Gasteiger partial charge in [0.25, 0.3) is 11.5 Å². The normalized spacial score (nSPS) is 11.2. The van der Waals surface area contributed by atoms with Crippen molar-refractivity contribution in [3.63, 3.8) is 0 Å². The molecule has 0 saturated heterocycles. The molecule has 0 aliphatic carbocycles. The van der Waals surface area contributed by atoms with Gasteiger partial charge in [-0.2, -0.15) is 5.10 Å². The van der Waals surface area contributed by atoms with Crippen LogP contribution >= 0.6 is 0 Å². The molecule has 114 valence electrons. The fraction of sp³-hybridized carbons (Fsp3) is 0.250. The number of aromatic nitrogens is 2. The molecule has 1 aromatic carbocycles. The summed E-state index contributed by atoms with van der Waals surface area (Å²) in [5.41, 5.74) is 4.71. The Morgan fingerprint density at radius 1 is 1.14 bits per heavy atom. The number of amides is 1. The maximum atomic E-state index is 12.6. The van der Waals surface area contributed by atoms with Crippen molar-refractivity contribution in [3.05, 3.63) is 64.1 Å². The summed E-state index contributed by atoms with van der Waals surface area (Å²) in [4.78, 5) is 35.5. The number of Topliss-reactive ketones (excluding diaryl/α,β-unsaturated/α-hetero) is 1. The molecule has 22 heavy (non-hydrogen) atoms. The van der Waals surface area contributed by atoms with Crippen LogP contribution in [-0.2, 0) is 16.8 Å². The third-order valence-corrected chi connectivity index (χ3v) is 3.61. The number of nitrogens with zero attached hydrogens (tertiary/aromatic N) is 2. The van der Waals surface area contributed by atoms with E-state index in [1.807, 2.05) is 30.3 Å². The third kappa shape index (κ3) is 3.11. The average molecular weight is 299 g/mol. The average Bonchev–Trinajstić information content (AvgIpc) is 2.50. The van der Waals surface area contributed by atoms with E-state index in [0.717, 1.165) is 10.2 Å². The molecule has 0 radical (unpaired) electrons. The second kappa shape index (κ2) is 5.93. The molecular formula is C16H17N3O3. The lowest BCUT2D eigenvalue weighted by atomic mass is 9.80. The number of primary amides is 1. The molecule has 0 atom stereocenters. The number of carbonyl (C=O) groups is 2. The highest BCUT2D eigenvalue weighted by atomic mass is 16.2. The van der Waals surface area contributed by atoms with Crippen molar-refractivity contribution in [3.8, 4) is 0 Å². The Labute approximate surface area is 127 Å². The molecule has 1 aromatic heterocycles. The van der Waals surface area contributed by atoms with E-state index >= 15 is 0 Å².